The topological polar surface area (TPSA) is 80.0 Å². The first-order valence-corrected chi connectivity index (χ1v) is 6.28. The number of hydrogen-bond acceptors (Lipinski definition) is 6. The van der Waals surface area contributed by atoms with E-state index in [-0.39, 0.29) is 12.4 Å². The van der Waals surface area contributed by atoms with E-state index >= 15 is 0 Å². The summed E-state index contributed by atoms with van der Waals surface area (Å²) in [5.41, 5.74) is 6.71. The summed E-state index contributed by atoms with van der Waals surface area (Å²) in [4.78, 5) is 11.5. The molecule has 0 saturated carbocycles. The molecule has 1 aromatic rings. The molecule has 0 radical (unpaired) electrons. The van der Waals surface area contributed by atoms with Gasteiger partial charge in [-0.2, -0.15) is 0 Å². The zero-order valence-electron chi connectivity index (χ0n) is 12.3. The van der Waals surface area contributed by atoms with E-state index in [0.29, 0.717) is 29.4 Å². The molecule has 2 N–H and O–H groups in total. The minimum atomic E-state index is -0.538. The molecule has 0 aliphatic heterocycles. The van der Waals surface area contributed by atoms with Crippen molar-refractivity contribution in [2.24, 2.45) is 5.73 Å². The summed E-state index contributed by atoms with van der Waals surface area (Å²) < 4.78 is 20.6. The van der Waals surface area contributed by atoms with Gasteiger partial charge >= 0.3 is 5.97 Å². The molecule has 6 nitrogen and oxygen atoms in total. The molecule has 0 heterocycles. The Morgan fingerprint density at radius 3 is 2.15 bits per heavy atom. The minimum absolute atomic E-state index is 0.0691. The van der Waals surface area contributed by atoms with Gasteiger partial charge in [0.1, 0.15) is 5.75 Å². The van der Waals surface area contributed by atoms with Crippen LogP contribution >= 0.6 is 0 Å². The van der Waals surface area contributed by atoms with Gasteiger partial charge in [0, 0.05) is 17.7 Å². The zero-order valence-corrected chi connectivity index (χ0v) is 12.3. The van der Waals surface area contributed by atoms with Crippen molar-refractivity contribution in [3.05, 3.63) is 17.7 Å². The molecule has 0 aromatic heterocycles. The molecular weight excluding hydrogens is 262 g/mol. The Labute approximate surface area is 118 Å². The monoisotopic (exact) mass is 283 g/mol. The SMILES string of the molecule is CCOC(=O)CC(N)c1cc(OC)c(OC)cc1OC. The van der Waals surface area contributed by atoms with Crippen molar-refractivity contribution in [2.75, 3.05) is 27.9 Å². The lowest BCUT2D eigenvalue weighted by Crippen LogP contribution is -2.18. The van der Waals surface area contributed by atoms with Gasteiger partial charge in [-0.15, -0.1) is 0 Å². The van der Waals surface area contributed by atoms with Crippen molar-refractivity contribution in [3.63, 3.8) is 0 Å². The summed E-state index contributed by atoms with van der Waals surface area (Å²) in [6, 6.07) is 2.85. The third-order valence-corrected chi connectivity index (χ3v) is 2.83. The average Bonchev–Trinajstić information content (AvgIpc) is 2.45. The van der Waals surface area contributed by atoms with Crippen LogP contribution in [0.3, 0.4) is 0 Å². The molecule has 112 valence electrons. The summed E-state index contributed by atoms with van der Waals surface area (Å²) in [6.45, 7) is 2.08. The van der Waals surface area contributed by atoms with Gasteiger partial charge in [-0.1, -0.05) is 0 Å². The van der Waals surface area contributed by atoms with E-state index in [1.165, 1.54) is 21.3 Å². The lowest BCUT2D eigenvalue weighted by Gasteiger charge is -2.18. The number of rotatable bonds is 7. The third kappa shape index (κ3) is 3.77. The standard InChI is InChI=1S/C14H21NO5/c1-5-20-14(16)7-10(15)9-6-12(18-3)13(19-4)8-11(9)17-2/h6,8,10H,5,7,15H2,1-4H3. The van der Waals surface area contributed by atoms with Crippen LogP contribution < -0.4 is 19.9 Å². The third-order valence-electron chi connectivity index (χ3n) is 2.83. The summed E-state index contributed by atoms with van der Waals surface area (Å²) in [5, 5.41) is 0. The van der Waals surface area contributed by atoms with Crippen LogP contribution in [-0.2, 0) is 9.53 Å². The highest BCUT2D eigenvalue weighted by atomic mass is 16.5. The maximum Gasteiger partial charge on any atom is 0.307 e. The number of methoxy groups -OCH3 is 3. The van der Waals surface area contributed by atoms with Crippen LogP contribution in [0.4, 0.5) is 0 Å². The van der Waals surface area contributed by atoms with Crippen molar-refractivity contribution in [3.8, 4) is 17.2 Å². The van der Waals surface area contributed by atoms with Gasteiger partial charge in [0.05, 0.1) is 34.4 Å². The van der Waals surface area contributed by atoms with Crippen LogP contribution in [0.1, 0.15) is 24.9 Å². The number of esters is 1. The second-order valence-electron chi connectivity index (χ2n) is 4.06. The van der Waals surface area contributed by atoms with Gasteiger partial charge in [-0.25, -0.2) is 0 Å². The molecule has 0 amide bonds. The Morgan fingerprint density at radius 2 is 1.65 bits per heavy atom. The lowest BCUT2D eigenvalue weighted by molar-refractivity contribution is -0.143. The van der Waals surface area contributed by atoms with E-state index in [1.807, 2.05) is 0 Å². The van der Waals surface area contributed by atoms with Crippen LogP contribution in [-0.4, -0.2) is 33.9 Å². The Hall–Kier alpha value is -1.95. The highest BCUT2D eigenvalue weighted by Gasteiger charge is 2.20. The van der Waals surface area contributed by atoms with Gasteiger partial charge < -0.3 is 24.7 Å². The summed E-state index contributed by atoms with van der Waals surface area (Å²) in [6.07, 6.45) is 0.0691. The van der Waals surface area contributed by atoms with E-state index in [9.17, 15) is 4.79 Å². The highest BCUT2D eigenvalue weighted by Crippen LogP contribution is 2.37. The van der Waals surface area contributed by atoms with Crippen LogP contribution in [0.2, 0.25) is 0 Å². The van der Waals surface area contributed by atoms with Gasteiger partial charge in [-0.3, -0.25) is 4.79 Å². The van der Waals surface area contributed by atoms with Gasteiger partial charge in [0.2, 0.25) is 0 Å². The molecule has 6 heteroatoms. The van der Waals surface area contributed by atoms with Crippen molar-refractivity contribution in [2.45, 2.75) is 19.4 Å². The fourth-order valence-electron chi connectivity index (χ4n) is 1.85. The Balaban J connectivity index is 3.05. The predicted molar refractivity (Wildman–Crippen MR) is 74.3 cm³/mol. The molecule has 0 aliphatic carbocycles. The van der Waals surface area contributed by atoms with Crippen LogP contribution in [0.25, 0.3) is 0 Å². The van der Waals surface area contributed by atoms with E-state index in [4.69, 9.17) is 24.7 Å². The van der Waals surface area contributed by atoms with Crippen molar-refractivity contribution >= 4 is 5.97 Å². The Morgan fingerprint density at radius 1 is 1.10 bits per heavy atom. The van der Waals surface area contributed by atoms with Crippen molar-refractivity contribution in [1.82, 2.24) is 0 Å². The normalized spacial score (nSPS) is 11.7. The van der Waals surface area contributed by atoms with Crippen LogP contribution in [0, 0.1) is 0 Å². The first-order chi connectivity index (χ1) is 9.57. The molecule has 1 aromatic carbocycles. The lowest BCUT2D eigenvalue weighted by atomic mass is 10.0. The summed E-state index contributed by atoms with van der Waals surface area (Å²) >= 11 is 0. The molecule has 1 atom stereocenters. The van der Waals surface area contributed by atoms with E-state index < -0.39 is 6.04 Å². The minimum Gasteiger partial charge on any atom is -0.496 e. The number of hydrogen-bond donors (Lipinski definition) is 1. The first-order valence-electron chi connectivity index (χ1n) is 6.28. The number of carbonyl (C=O) groups is 1. The van der Waals surface area contributed by atoms with Crippen LogP contribution in [0.5, 0.6) is 17.2 Å². The second kappa shape index (κ2) is 7.59. The Bertz CT molecular complexity index is 461. The molecule has 1 rings (SSSR count). The molecule has 0 aliphatic rings. The number of ether oxygens (including phenoxy) is 4. The number of nitrogens with two attached hydrogens (primary N) is 1. The molecule has 20 heavy (non-hydrogen) atoms. The quantitative estimate of drug-likeness (QED) is 0.767. The maximum atomic E-state index is 11.5. The predicted octanol–water partition coefficient (Wildman–Crippen LogP) is 1.67. The average molecular weight is 283 g/mol. The van der Waals surface area contributed by atoms with Gasteiger partial charge in [-0.05, 0) is 13.0 Å². The summed E-state index contributed by atoms with van der Waals surface area (Å²) in [5.74, 6) is 1.26. The largest absolute Gasteiger partial charge is 0.496 e. The molecule has 1 unspecified atom stereocenters. The smallest absolute Gasteiger partial charge is 0.307 e. The molecule has 0 spiro atoms. The first kappa shape index (κ1) is 16.1. The molecular formula is C14H21NO5. The van der Waals surface area contributed by atoms with Crippen molar-refractivity contribution in [1.29, 1.82) is 0 Å². The van der Waals surface area contributed by atoms with Gasteiger partial charge in [0.15, 0.2) is 11.5 Å². The van der Waals surface area contributed by atoms with Crippen molar-refractivity contribution < 1.29 is 23.7 Å². The van der Waals surface area contributed by atoms with Crippen LogP contribution in [0.15, 0.2) is 12.1 Å². The Kier molecular flexibility index (Phi) is 6.11. The van der Waals surface area contributed by atoms with E-state index in [1.54, 1.807) is 19.1 Å². The molecule has 0 saturated heterocycles. The fraction of sp³-hybridized carbons (Fsp3) is 0.500. The van der Waals surface area contributed by atoms with E-state index in [2.05, 4.69) is 0 Å². The van der Waals surface area contributed by atoms with Gasteiger partial charge in [0.25, 0.3) is 0 Å². The summed E-state index contributed by atoms with van der Waals surface area (Å²) in [7, 11) is 4.60. The second-order valence-corrected chi connectivity index (χ2v) is 4.06. The zero-order chi connectivity index (χ0) is 15.1. The molecule has 0 bridgehead atoms. The maximum absolute atomic E-state index is 11.5. The molecule has 0 fully saturated rings. The fourth-order valence-corrected chi connectivity index (χ4v) is 1.85. The highest BCUT2D eigenvalue weighted by molar-refractivity contribution is 5.71. The number of benzene rings is 1. The van der Waals surface area contributed by atoms with E-state index in [0.717, 1.165) is 0 Å². The number of carbonyl (C=O) groups excluding carboxylic acids is 1.